The van der Waals surface area contributed by atoms with Crippen molar-refractivity contribution < 1.29 is 9.90 Å². The summed E-state index contributed by atoms with van der Waals surface area (Å²) in [5, 5.41) is 21.1. The van der Waals surface area contributed by atoms with E-state index in [9.17, 15) is 4.79 Å². The second kappa shape index (κ2) is 5.50. The minimum Gasteiger partial charge on any atom is -0.465 e. The number of carbonyl (C=O) groups is 1. The molecule has 2 N–H and O–H groups in total. The Labute approximate surface area is 159 Å². The van der Waals surface area contributed by atoms with Gasteiger partial charge in [-0.15, -0.1) is 10.2 Å². The molecule has 3 aliphatic carbocycles. The van der Waals surface area contributed by atoms with Crippen molar-refractivity contribution >= 4 is 17.7 Å². The summed E-state index contributed by atoms with van der Waals surface area (Å²) in [6.45, 7) is 0. The maximum Gasteiger partial charge on any atom is 0.405 e. The van der Waals surface area contributed by atoms with Crippen LogP contribution in [0.25, 0.3) is 17.2 Å². The van der Waals surface area contributed by atoms with Crippen molar-refractivity contribution in [1.29, 1.82) is 0 Å². The number of rotatable bonds is 4. The molecule has 0 radical (unpaired) electrons. The fraction of sp³-hybridized carbons (Fsp3) is 0.278. The third kappa shape index (κ3) is 2.33. The SMILES string of the molecule is O=C(O)NC12CC(c3nnc(-c4ccncn4)n3-c3ccccc3Cl)(C1)C2. The van der Waals surface area contributed by atoms with Crippen LogP contribution in [0.15, 0.2) is 42.9 Å². The highest BCUT2D eigenvalue weighted by Crippen LogP contribution is 2.67. The average Bonchev–Trinajstić information content (AvgIpc) is 3.02. The molecule has 0 saturated heterocycles. The van der Waals surface area contributed by atoms with Crippen LogP contribution in [0.5, 0.6) is 0 Å². The van der Waals surface area contributed by atoms with E-state index in [-0.39, 0.29) is 11.0 Å². The highest BCUT2D eigenvalue weighted by molar-refractivity contribution is 6.32. The van der Waals surface area contributed by atoms with E-state index >= 15 is 0 Å². The van der Waals surface area contributed by atoms with Gasteiger partial charge in [0.1, 0.15) is 17.8 Å². The fourth-order valence-electron chi connectivity index (χ4n) is 4.46. The Morgan fingerprint density at radius 2 is 1.96 bits per heavy atom. The Hall–Kier alpha value is -3.00. The van der Waals surface area contributed by atoms with Gasteiger partial charge in [0.2, 0.25) is 0 Å². The van der Waals surface area contributed by atoms with Crippen LogP contribution in [-0.2, 0) is 5.41 Å². The Kier molecular flexibility index (Phi) is 3.30. The summed E-state index contributed by atoms with van der Waals surface area (Å²) in [6.07, 6.45) is 4.25. The summed E-state index contributed by atoms with van der Waals surface area (Å²) in [6, 6.07) is 9.28. The first-order chi connectivity index (χ1) is 13.0. The molecule has 3 saturated carbocycles. The monoisotopic (exact) mass is 382 g/mol. The smallest absolute Gasteiger partial charge is 0.405 e. The van der Waals surface area contributed by atoms with Crippen LogP contribution in [0.2, 0.25) is 5.02 Å². The van der Waals surface area contributed by atoms with E-state index < -0.39 is 6.09 Å². The Balaban J connectivity index is 1.61. The number of nitrogens with one attached hydrogen (secondary N) is 1. The largest absolute Gasteiger partial charge is 0.465 e. The van der Waals surface area contributed by atoms with Gasteiger partial charge in [-0.2, -0.15) is 0 Å². The van der Waals surface area contributed by atoms with Gasteiger partial charge in [0.05, 0.1) is 10.7 Å². The lowest BCUT2D eigenvalue weighted by atomic mass is 9.39. The second-order valence-electron chi connectivity index (χ2n) is 7.25. The summed E-state index contributed by atoms with van der Waals surface area (Å²) in [4.78, 5) is 19.3. The van der Waals surface area contributed by atoms with Crippen molar-refractivity contribution in [3.8, 4) is 17.2 Å². The van der Waals surface area contributed by atoms with Crippen molar-refractivity contribution in [2.75, 3.05) is 0 Å². The minimum absolute atomic E-state index is 0.195. The maximum absolute atomic E-state index is 11.0. The van der Waals surface area contributed by atoms with Crippen LogP contribution in [0.3, 0.4) is 0 Å². The number of nitrogens with zero attached hydrogens (tertiary/aromatic N) is 5. The zero-order valence-corrected chi connectivity index (χ0v) is 14.9. The molecule has 0 unspecified atom stereocenters. The highest BCUT2D eigenvalue weighted by atomic mass is 35.5. The van der Waals surface area contributed by atoms with Gasteiger partial charge < -0.3 is 10.4 Å². The van der Waals surface area contributed by atoms with Crippen LogP contribution >= 0.6 is 11.6 Å². The van der Waals surface area contributed by atoms with Crippen molar-refractivity contribution in [3.63, 3.8) is 0 Å². The van der Waals surface area contributed by atoms with E-state index in [1.54, 1.807) is 12.3 Å². The number of aromatic nitrogens is 5. The van der Waals surface area contributed by atoms with Gasteiger partial charge in [0, 0.05) is 17.2 Å². The molecule has 2 heterocycles. The molecule has 3 fully saturated rings. The molecule has 0 aliphatic heterocycles. The molecule has 0 spiro atoms. The van der Waals surface area contributed by atoms with E-state index in [1.165, 1.54) is 6.33 Å². The predicted octanol–water partition coefficient (Wildman–Crippen LogP) is 2.82. The second-order valence-corrected chi connectivity index (χ2v) is 7.66. The molecule has 6 rings (SSSR count). The molecule has 3 aliphatic rings. The van der Waals surface area contributed by atoms with Crippen LogP contribution in [-0.4, -0.2) is 41.5 Å². The summed E-state index contributed by atoms with van der Waals surface area (Å²) < 4.78 is 1.94. The normalized spacial score (nSPS) is 25.4. The van der Waals surface area contributed by atoms with Crippen LogP contribution in [0.4, 0.5) is 4.79 Å². The van der Waals surface area contributed by atoms with Gasteiger partial charge in [-0.3, -0.25) is 4.57 Å². The Morgan fingerprint density at radius 1 is 1.19 bits per heavy atom. The van der Waals surface area contributed by atoms with Gasteiger partial charge in [0.25, 0.3) is 0 Å². The lowest BCUT2D eigenvalue weighted by molar-refractivity contribution is -0.0887. The summed E-state index contributed by atoms with van der Waals surface area (Å²) >= 11 is 6.47. The third-order valence-electron chi connectivity index (χ3n) is 5.44. The van der Waals surface area contributed by atoms with Crippen LogP contribution < -0.4 is 5.32 Å². The Morgan fingerprint density at radius 3 is 2.63 bits per heavy atom. The number of para-hydroxylation sites is 1. The predicted molar refractivity (Wildman–Crippen MR) is 96.8 cm³/mol. The maximum atomic E-state index is 11.0. The molecular weight excluding hydrogens is 368 g/mol. The quantitative estimate of drug-likeness (QED) is 0.718. The molecular formula is C18H15ClN6O2. The number of carboxylic acid groups (broad SMARTS) is 1. The van der Waals surface area contributed by atoms with Gasteiger partial charge in [-0.1, -0.05) is 23.7 Å². The molecule has 0 atom stereocenters. The molecule has 136 valence electrons. The first-order valence-electron chi connectivity index (χ1n) is 8.50. The molecule has 2 aromatic heterocycles. The van der Waals surface area contributed by atoms with E-state index in [1.807, 2.05) is 28.8 Å². The van der Waals surface area contributed by atoms with Crippen molar-refractivity contribution in [3.05, 3.63) is 53.7 Å². The topological polar surface area (TPSA) is 106 Å². The highest BCUT2D eigenvalue weighted by Gasteiger charge is 2.71. The van der Waals surface area contributed by atoms with Gasteiger partial charge in [0.15, 0.2) is 5.82 Å². The van der Waals surface area contributed by atoms with Crippen LogP contribution in [0, 0.1) is 0 Å². The number of hydrogen-bond donors (Lipinski definition) is 2. The summed E-state index contributed by atoms with van der Waals surface area (Å²) in [5.41, 5.74) is 0.893. The average molecular weight is 383 g/mol. The zero-order valence-electron chi connectivity index (χ0n) is 14.1. The molecule has 27 heavy (non-hydrogen) atoms. The van der Waals surface area contributed by atoms with Crippen LogP contribution in [0.1, 0.15) is 25.1 Å². The fourth-order valence-corrected chi connectivity index (χ4v) is 4.68. The van der Waals surface area contributed by atoms with Gasteiger partial charge in [-0.05, 0) is 37.5 Å². The van der Waals surface area contributed by atoms with E-state index in [4.69, 9.17) is 16.7 Å². The first kappa shape index (κ1) is 16.2. The van der Waals surface area contributed by atoms with Crippen molar-refractivity contribution in [2.24, 2.45) is 0 Å². The number of hydrogen-bond acceptors (Lipinski definition) is 5. The molecule has 8 nitrogen and oxygen atoms in total. The van der Waals surface area contributed by atoms with Crippen molar-refractivity contribution in [2.45, 2.75) is 30.2 Å². The summed E-state index contributed by atoms with van der Waals surface area (Å²) in [5.74, 6) is 1.38. The number of amides is 1. The molecule has 1 amide bonds. The van der Waals surface area contributed by atoms with E-state index in [2.05, 4.69) is 25.5 Å². The molecule has 2 bridgehead atoms. The molecule has 9 heteroatoms. The standard InChI is InChI=1S/C18H15ClN6O2/c19-11-3-1-2-4-13(11)25-14(12-5-6-20-10-21-12)23-24-15(25)17-7-18(8-17,9-17)22-16(26)27/h1-6,10,22H,7-9H2,(H,26,27). The number of halogens is 1. The zero-order chi connectivity index (χ0) is 18.6. The lowest BCUT2D eigenvalue weighted by Gasteiger charge is -2.69. The van der Waals surface area contributed by atoms with Gasteiger partial charge in [-0.25, -0.2) is 14.8 Å². The van der Waals surface area contributed by atoms with E-state index in [0.29, 0.717) is 35.8 Å². The number of benzene rings is 1. The van der Waals surface area contributed by atoms with Crippen molar-refractivity contribution in [1.82, 2.24) is 30.0 Å². The van der Waals surface area contributed by atoms with Gasteiger partial charge >= 0.3 is 6.09 Å². The third-order valence-corrected chi connectivity index (χ3v) is 5.76. The first-order valence-corrected chi connectivity index (χ1v) is 8.88. The molecule has 3 aromatic rings. The Bertz CT molecular complexity index is 1030. The lowest BCUT2D eigenvalue weighted by Crippen LogP contribution is -2.77. The molecule has 1 aromatic carbocycles. The minimum atomic E-state index is -0.988. The van der Waals surface area contributed by atoms with E-state index in [0.717, 1.165) is 11.5 Å². The summed E-state index contributed by atoms with van der Waals surface area (Å²) in [7, 11) is 0.